The highest BCUT2D eigenvalue weighted by molar-refractivity contribution is 7.13. The summed E-state index contributed by atoms with van der Waals surface area (Å²) in [4.78, 5) is 29.1. The quantitative estimate of drug-likeness (QED) is 0.889. The number of thiazole rings is 1. The van der Waals surface area contributed by atoms with Crippen LogP contribution < -0.4 is 0 Å². The third kappa shape index (κ3) is 3.90. The molecule has 8 heteroatoms. The van der Waals surface area contributed by atoms with Gasteiger partial charge in [-0.25, -0.2) is 4.98 Å². The van der Waals surface area contributed by atoms with Gasteiger partial charge in [-0.05, 0) is 6.92 Å². The topological polar surface area (TPSA) is 82.5 Å². The fraction of sp³-hybridized carbons (Fsp3) is 0.467. The predicted molar refractivity (Wildman–Crippen MR) is 87.2 cm³/mol. The molecule has 1 aliphatic rings. The average molecular weight is 333 g/mol. The van der Waals surface area contributed by atoms with E-state index in [4.69, 9.17) is 0 Å². The minimum absolute atomic E-state index is 0.0481. The average Bonchev–Trinajstić information content (AvgIpc) is 3.05. The molecule has 2 aromatic rings. The molecule has 0 spiro atoms. The SMILES string of the molecule is CC(O)CN1CCN(C(=O)c2csc(-c3cnccn3)n2)CC1. The number of aliphatic hydroxyl groups is 1. The van der Waals surface area contributed by atoms with E-state index >= 15 is 0 Å². The molecule has 7 nitrogen and oxygen atoms in total. The van der Waals surface area contributed by atoms with Crippen molar-refractivity contribution < 1.29 is 9.90 Å². The Morgan fingerprint density at radius 1 is 1.35 bits per heavy atom. The minimum Gasteiger partial charge on any atom is -0.392 e. The summed E-state index contributed by atoms with van der Waals surface area (Å²) in [6, 6.07) is 0. The lowest BCUT2D eigenvalue weighted by Crippen LogP contribution is -2.50. The van der Waals surface area contributed by atoms with Gasteiger partial charge in [-0.2, -0.15) is 0 Å². The second-order valence-corrected chi connectivity index (χ2v) is 6.43. The lowest BCUT2D eigenvalue weighted by Gasteiger charge is -2.34. The van der Waals surface area contributed by atoms with Gasteiger partial charge in [-0.3, -0.25) is 19.7 Å². The van der Waals surface area contributed by atoms with Gasteiger partial charge in [0, 0.05) is 50.5 Å². The highest BCUT2D eigenvalue weighted by Gasteiger charge is 2.24. The summed E-state index contributed by atoms with van der Waals surface area (Å²) >= 11 is 1.40. The number of aliphatic hydroxyl groups excluding tert-OH is 1. The number of carbonyl (C=O) groups is 1. The van der Waals surface area contributed by atoms with E-state index in [1.54, 1.807) is 30.9 Å². The molecule has 23 heavy (non-hydrogen) atoms. The van der Waals surface area contributed by atoms with Crippen LogP contribution in [0.5, 0.6) is 0 Å². The molecule has 0 bridgehead atoms. The van der Waals surface area contributed by atoms with Crippen LogP contribution in [0.1, 0.15) is 17.4 Å². The summed E-state index contributed by atoms with van der Waals surface area (Å²) in [6.07, 6.45) is 4.52. The summed E-state index contributed by atoms with van der Waals surface area (Å²) < 4.78 is 0. The van der Waals surface area contributed by atoms with Crippen LogP contribution in [0.3, 0.4) is 0 Å². The van der Waals surface area contributed by atoms with Crippen molar-refractivity contribution >= 4 is 17.2 Å². The third-order valence-electron chi connectivity index (χ3n) is 3.69. The van der Waals surface area contributed by atoms with E-state index in [9.17, 15) is 9.90 Å². The molecule has 0 aliphatic carbocycles. The predicted octanol–water partition coefficient (Wildman–Crippen LogP) is 0.739. The lowest BCUT2D eigenvalue weighted by molar-refractivity contribution is 0.0550. The summed E-state index contributed by atoms with van der Waals surface area (Å²) in [5.74, 6) is -0.0481. The Hall–Kier alpha value is -1.90. The first-order valence-electron chi connectivity index (χ1n) is 7.55. The number of rotatable bonds is 4. The first-order valence-corrected chi connectivity index (χ1v) is 8.43. The number of nitrogens with zero attached hydrogens (tertiary/aromatic N) is 5. The molecule has 1 amide bonds. The maximum absolute atomic E-state index is 12.5. The zero-order chi connectivity index (χ0) is 16.2. The number of hydrogen-bond acceptors (Lipinski definition) is 7. The van der Waals surface area contributed by atoms with Crippen LogP contribution in [-0.2, 0) is 0 Å². The lowest BCUT2D eigenvalue weighted by atomic mass is 10.2. The van der Waals surface area contributed by atoms with Crippen molar-refractivity contribution in [3.63, 3.8) is 0 Å². The normalized spacial score (nSPS) is 17.2. The van der Waals surface area contributed by atoms with Crippen molar-refractivity contribution in [2.45, 2.75) is 13.0 Å². The highest BCUT2D eigenvalue weighted by Crippen LogP contribution is 2.21. The van der Waals surface area contributed by atoms with Crippen LogP contribution in [0.25, 0.3) is 10.7 Å². The molecule has 1 fully saturated rings. The molecule has 0 radical (unpaired) electrons. The summed E-state index contributed by atoms with van der Waals surface area (Å²) in [7, 11) is 0. The van der Waals surface area contributed by atoms with Gasteiger partial charge >= 0.3 is 0 Å². The van der Waals surface area contributed by atoms with Crippen LogP contribution in [0.4, 0.5) is 0 Å². The van der Waals surface area contributed by atoms with Gasteiger partial charge < -0.3 is 10.0 Å². The molecule has 3 rings (SSSR count). The molecule has 1 N–H and O–H groups in total. The highest BCUT2D eigenvalue weighted by atomic mass is 32.1. The van der Waals surface area contributed by atoms with E-state index in [-0.39, 0.29) is 12.0 Å². The van der Waals surface area contributed by atoms with Crippen molar-refractivity contribution in [3.8, 4) is 10.7 Å². The van der Waals surface area contributed by atoms with Crippen molar-refractivity contribution in [3.05, 3.63) is 29.7 Å². The molecular weight excluding hydrogens is 314 g/mol. The van der Waals surface area contributed by atoms with Gasteiger partial charge in [-0.1, -0.05) is 0 Å². The smallest absolute Gasteiger partial charge is 0.273 e. The van der Waals surface area contributed by atoms with E-state index in [2.05, 4.69) is 19.9 Å². The minimum atomic E-state index is -0.342. The number of β-amino-alcohol motifs (C(OH)–C–C–N with tert-alkyl or cyclic N) is 1. The Balaban J connectivity index is 1.62. The summed E-state index contributed by atoms with van der Waals surface area (Å²) in [5.41, 5.74) is 1.14. The van der Waals surface area contributed by atoms with E-state index in [0.717, 1.165) is 13.1 Å². The van der Waals surface area contributed by atoms with Gasteiger partial charge in [0.05, 0.1) is 12.3 Å². The molecule has 1 aliphatic heterocycles. The van der Waals surface area contributed by atoms with Crippen LogP contribution in [0.2, 0.25) is 0 Å². The molecule has 3 heterocycles. The van der Waals surface area contributed by atoms with Crippen molar-refractivity contribution in [2.24, 2.45) is 0 Å². The van der Waals surface area contributed by atoms with Crippen molar-refractivity contribution in [1.82, 2.24) is 24.8 Å². The monoisotopic (exact) mass is 333 g/mol. The molecular formula is C15H19N5O2S. The van der Waals surface area contributed by atoms with E-state index in [1.807, 2.05) is 4.90 Å². The maximum atomic E-state index is 12.5. The Kier molecular flexibility index (Phi) is 4.94. The second-order valence-electron chi connectivity index (χ2n) is 5.57. The maximum Gasteiger partial charge on any atom is 0.273 e. The first kappa shape index (κ1) is 16.0. The fourth-order valence-corrected chi connectivity index (χ4v) is 3.32. The molecule has 2 aromatic heterocycles. The number of carbonyl (C=O) groups excluding carboxylic acids is 1. The number of hydrogen-bond donors (Lipinski definition) is 1. The van der Waals surface area contributed by atoms with E-state index in [0.29, 0.717) is 36.0 Å². The van der Waals surface area contributed by atoms with E-state index in [1.165, 1.54) is 11.3 Å². The van der Waals surface area contributed by atoms with Gasteiger partial charge in [0.15, 0.2) is 0 Å². The van der Waals surface area contributed by atoms with Crippen LogP contribution in [-0.4, -0.2) is 74.6 Å². The summed E-state index contributed by atoms with van der Waals surface area (Å²) in [6.45, 7) is 5.29. The molecule has 122 valence electrons. The molecule has 1 atom stereocenters. The third-order valence-corrected chi connectivity index (χ3v) is 4.55. The Morgan fingerprint density at radius 3 is 2.78 bits per heavy atom. The Bertz CT molecular complexity index is 653. The van der Waals surface area contributed by atoms with Gasteiger partial charge in [-0.15, -0.1) is 11.3 Å². The molecule has 0 aromatic carbocycles. The molecule has 0 saturated carbocycles. The summed E-state index contributed by atoms with van der Waals surface area (Å²) in [5, 5.41) is 11.9. The fourth-order valence-electron chi connectivity index (χ4n) is 2.57. The van der Waals surface area contributed by atoms with Gasteiger partial charge in [0.1, 0.15) is 16.4 Å². The zero-order valence-corrected chi connectivity index (χ0v) is 13.7. The second kappa shape index (κ2) is 7.12. The van der Waals surface area contributed by atoms with Crippen LogP contribution >= 0.6 is 11.3 Å². The van der Waals surface area contributed by atoms with Gasteiger partial charge in [0.2, 0.25) is 0 Å². The number of aromatic nitrogens is 3. The number of amides is 1. The van der Waals surface area contributed by atoms with Crippen molar-refractivity contribution in [2.75, 3.05) is 32.7 Å². The van der Waals surface area contributed by atoms with Crippen LogP contribution in [0.15, 0.2) is 24.0 Å². The Morgan fingerprint density at radius 2 is 2.13 bits per heavy atom. The van der Waals surface area contributed by atoms with Crippen LogP contribution in [0, 0.1) is 0 Å². The Labute approximate surface area is 138 Å². The largest absolute Gasteiger partial charge is 0.392 e. The van der Waals surface area contributed by atoms with Gasteiger partial charge in [0.25, 0.3) is 5.91 Å². The molecule has 1 saturated heterocycles. The molecule has 1 unspecified atom stereocenters. The zero-order valence-electron chi connectivity index (χ0n) is 12.9. The van der Waals surface area contributed by atoms with Crippen molar-refractivity contribution in [1.29, 1.82) is 0 Å². The van der Waals surface area contributed by atoms with E-state index < -0.39 is 0 Å². The number of piperazine rings is 1. The standard InChI is InChI=1S/C15H19N5O2S/c1-11(21)9-19-4-6-20(7-5-19)15(22)13-10-23-14(18-13)12-8-16-2-3-17-12/h2-3,8,10-11,21H,4-7,9H2,1H3. The first-order chi connectivity index (χ1) is 11.1.